The summed E-state index contributed by atoms with van der Waals surface area (Å²) < 4.78 is 1.82. The number of anilines is 1. The average Bonchev–Trinajstić information content (AvgIpc) is 3.09. The monoisotopic (exact) mass is 330 g/mol. The van der Waals surface area contributed by atoms with Gasteiger partial charge in [-0.05, 0) is 29.7 Å². The first-order chi connectivity index (χ1) is 12.3. The first-order valence-electron chi connectivity index (χ1n) is 8.18. The second-order valence-electron chi connectivity index (χ2n) is 5.82. The summed E-state index contributed by atoms with van der Waals surface area (Å²) in [6.45, 7) is 0.157. The number of hydrogen-bond donors (Lipinski definition) is 2. The molecular weight excluding hydrogens is 312 g/mol. The lowest BCUT2D eigenvalue weighted by atomic mass is 10.0. The van der Waals surface area contributed by atoms with E-state index in [-0.39, 0.29) is 6.61 Å². The molecule has 4 rings (SSSR count). The predicted octanol–water partition coefficient (Wildman–Crippen LogP) is 3.46. The minimum absolute atomic E-state index is 0.157. The topological polar surface area (TPSA) is 63.0 Å². The van der Waals surface area contributed by atoms with E-state index in [2.05, 4.69) is 27.5 Å². The Morgan fingerprint density at radius 3 is 2.48 bits per heavy atom. The lowest BCUT2D eigenvalue weighted by Crippen LogP contribution is -2.13. The molecule has 2 aromatic carbocycles. The zero-order valence-electron chi connectivity index (χ0n) is 13.6. The minimum Gasteiger partial charge on any atom is -0.396 e. The number of hydrogen-bond acceptors (Lipinski definition) is 4. The molecule has 2 N–H and O–H groups in total. The number of nitrogens with one attached hydrogen (secondary N) is 1. The van der Waals surface area contributed by atoms with Gasteiger partial charge in [-0.3, -0.25) is 5.43 Å². The van der Waals surface area contributed by atoms with Crippen molar-refractivity contribution in [1.82, 2.24) is 14.6 Å². The van der Waals surface area contributed by atoms with Gasteiger partial charge in [0.2, 0.25) is 0 Å². The maximum atomic E-state index is 9.00. The van der Waals surface area contributed by atoms with Gasteiger partial charge in [0.25, 0.3) is 0 Å². The van der Waals surface area contributed by atoms with Gasteiger partial charge in [-0.2, -0.15) is 0 Å². The van der Waals surface area contributed by atoms with Crippen molar-refractivity contribution < 1.29 is 5.11 Å². The van der Waals surface area contributed by atoms with Gasteiger partial charge in [0, 0.05) is 30.1 Å². The SMILES string of the molecule is OCCc1ccc(Nn2cncc3c(-c4ccccc4)cnc2-3)cc1. The van der Waals surface area contributed by atoms with Gasteiger partial charge in [0.05, 0.1) is 5.69 Å². The second-order valence-corrected chi connectivity index (χ2v) is 5.82. The van der Waals surface area contributed by atoms with Crippen LogP contribution in [0.3, 0.4) is 0 Å². The van der Waals surface area contributed by atoms with Gasteiger partial charge >= 0.3 is 0 Å². The van der Waals surface area contributed by atoms with Crippen molar-refractivity contribution in [2.75, 3.05) is 12.0 Å². The number of aliphatic hydroxyl groups excluding tert-OH is 1. The van der Waals surface area contributed by atoms with E-state index in [9.17, 15) is 0 Å². The molecule has 0 unspecified atom stereocenters. The van der Waals surface area contributed by atoms with Crippen LogP contribution in [-0.4, -0.2) is 26.4 Å². The van der Waals surface area contributed by atoms with Crippen LogP contribution in [0.5, 0.6) is 0 Å². The molecule has 0 radical (unpaired) electrons. The number of aromatic nitrogens is 3. The highest BCUT2D eigenvalue weighted by Crippen LogP contribution is 2.32. The van der Waals surface area contributed by atoms with Crippen LogP contribution in [0.4, 0.5) is 5.69 Å². The fourth-order valence-corrected chi connectivity index (χ4v) is 2.88. The summed E-state index contributed by atoms with van der Waals surface area (Å²) in [7, 11) is 0. The molecule has 25 heavy (non-hydrogen) atoms. The zero-order chi connectivity index (χ0) is 17.1. The fourth-order valence-electron chi connectivity index (χ4n) is 2.88. The third-order valence-electron chi connectivity index (χ3n) is 4.15. The molecular formula is C20H18N4O. The van der Waals surface area contributed by atoms with Gasteiger partial charge in [-0.1, -0.05) is 42.5 Å². The Morgan fingerprint density at radius 1 is 0.920 bits per heavy atom. The number of aliphatic hydroxyl groups is 1. The van der Waals surface area contributed by atoms with Gasteiger partial charge in [0.15, 0.2) is 5.82 Å². The zero-order valence-corrected chi connectivity index (χ0v) is 13.6. The van der Waals surface area contributed by atoms with Crippen LogP contribution in [0.2, 0.25) is 0 Å². The van der Waals surface area contributed by atoms with Crippen molar-refractivity contribution in [3.63, 3.8) is 0 Å². The van der Waals surface area contributed by atoms with Crippen LogP contribution in [0.15, 0.2) is 73.3 Å². The summed E-state index contributed by atoms with van der Waals surface area (Å²) in [6, 6.07) is 18.1. The molecule has 2 heterocycles. The molecule has 2 aromatic rings. The number of benzene rings is 2. The average molecular weight is 330 g/mol. The smallest absolute Gasteiger partial charge is 0.162 e. The van der Waals surface area contributed by atoms with Gasteiger partial charge in [-0.25, -0.2) is 14.6 Å². The van der Waals surface area contributed by atoms with Gasteiger partial charge < -0.3 is 5.11 Å². The molecule has 0 aliphatic carbocycles. The molecule has 0 spiro atoms. The van der Waals surface area contributed by atoms with Crippen molar-refractivity contribution in [3.8, 4) is 22.5 Å². The summed E-state index contributed by atoms with van der Waals surface area (Å²) in [4.78, 5) is 8.91. The molecule has 0 bridgehead atoms. The van der Waals surface area contributed by atoms with E-state index >= 15 is 0 Å². The highest BCUT2D eigenvalue weighted by molar-refractivity contribution is 5.81. The summed E-state index contributed by atoms with van der Waals surface area (Å²) >= 11 is 0. The van der Waals surface area contributed by atoms with Crippen LogP contribution in [0, 0.1) is 0 Å². The van der Waals surface area contributed by atoms with Crippen molar-refractivity contribution in [2.45, 2.75) is 6.42 Å². The van der Waals surface area contributed by atoms with E-state index < -0.39 is 0 Å². The molecule has 0 aromatic heterocycles. The molecule has 124 valence electrons. The van der Waals surface area contributed by atoms with E-state index in [4.69, 9.17) is 5.11 Å². The summed E-state index contributed by atoms with van der Waals surface area (Å²) in [5, 5.41) is 9.00. The number of fused-ring (bicyclic) bond motifs is 1. The fraction of sp³-hybridized carbons (Fsp3) is 0.100. The molecule has 0 saturated carbocycles. The van der Waals surface area contributed by atoms with E-state index in [0.717, 1.165) is 33.8 Å². The normalized spacial score (nSPS) is 10.9. The Balaban J connectivity index is 1.63. The lowest BCUT2D eigenvalue weighted by molar-refractivity contribution is 0.299. The van der Waals surface area contributed by atoms with E-state index in [1.54, 1.807) is 6.33 Å². The van der Waals surface area contributed by atoms with E-state index in [1.165, 1.54) is 0 Å². The first-order valence-corrected chi connectivity index (χ1v) is 8.18. The van der Waals surface area contributed by atoms with Crippen molar-refractivity contribution in [3.05, 3.63) is 78.9 Å². The highest BCUT2D eigenvalue weighted by Gasteiger charge is 2.16. The van der Waals surface area contributed by atoms with Crippen LogP contribution in [-0.2, 0) is 6.42 Å². The highest BCUT2D eigenvalue weighted by atomic mass is 16.2. The quantitative estimate of drug-likeness (QED) is 0.588. The lowest BCUT2D eigenvalue weighted by Gasteiger charge is -2.14. The minimum atomic E-state index is 0.157. The predicted molar refractivity (Wildman–Crippen MR) is 98.3 cm³/mol. The Labute approximate surface area is 145 Å². The van der Waals surface area contributed by atoms with Crippen molar-refractivity contribution in [2.24, 2.45) is 0 Å². The number of nitrogens with zero attached hydrogens (tertiary/aromatic N) is 3. The Hall–Kier alpha value is -3.18. The molecule has 0 saturated heterocycles. The Bertz CT molecular complexity index is 932. The van der Waals surface area contributed by atoms with Crippen molar-refractivity contribution >= 4 is 5.69 Å². The van der Waals surface area contributed by atoms with Crippen LogP contribution in [0.1, 0.15) is 5.56 Å². The second kappa shape index (κ2) is 6.75. The standard InChI is InChI=1S/C20H18N4O/c25-11-10-15-6-8-17(9-7-15)23-24-14-21-12-19-18(13-22-20(19)24)16-4-2-1-3-5-16/h1-9,12-14,23,25H,10-11H2. The summed E-state index contributed by atoms with van der Waals surface area (Å²) in [5.74, 6) is 0.827. The molecule has 0 fully saturated rings. The van der Waals surface area contributed by atoms with Crippen molar-refractivity contribution in [1.29, 1.82) is 0 Å². The summed E-state index contributed by atoms with van der Waals surface area (Å²) in [6.07, 6.45) is 6.10. The maximum Gasteiger partial charge on any atom is 0.162 e. The molecule has 5 nitrogen and oxygen atoms in total. The van der Waals surface area contributed by atoms with Crippen LogP contribution in [0.25, 0.3) is 22.5 Å². The molecule has 0 atom stereocenters. The third-order valence-corrected chi connectivity index (χ3v) is 4.15. The van der Waals surface area contributed by atoms with Crippen LogP contribution >= 0.6 is 0 Å². The van der Waals surface area contributed by atoms with Gasteiger partial charge in [0.1, 0.15) is 6.33 Å². The van der Waals surface area contributed by atoms with Gasteiger partial charge in [-0.15, -0.1) is 0 Å². The third kappa shape index (κ3) is 3.09. The van der Waals surface area contributed by atoms with Crippen LogP contribution < -0.4 is 5.43 Å². The molecule has 2 aliphatic rings. The Morgan fingerprint density at radius 2 is 1.72 bits per heavy atom. The van der Waals surface area contributed by atoms with E-state index in [0.29, 0.717) is 6.42 Å². The number of rotatable bonds is 5. The Kier molecular flexibility index (Phi) is 4.14. The molecule has 5 heteroatoms. The molecule has 0 amide bonds. The van der Waals surface area contributed by atoms with E-state index in [1.807, 2.05) is 59.5 Å². The summed E-state index contributed by atoms with van der Waals surface area (Å²) in [5.41, 5.74) is 8.54. The maximum absolute atomic E-state index is 9.00. The molecule has 2 aliphatic heterocycles. The largest absolute Gasteiger partial charge is 0.396 e. The first kappa shape index (κ1) is 15.4.